The second-order valence-corrected chi connectivity index (χ2v) is 7.02. The van der Waals surface area contributed by atoms with Crippen LogP contribution in [-0.4, -0.2) is 16.9 Å². The second-order valence-electron chi connectivity index (χ2n) is 6.62. The number of hydrogen-bond acceptors (Lipinski definition) is 4. The lowest BCUT2D eigenvalue weighted by atomic mass is 10.2. The minimum absolute atomic E-state index is 0.00634. The molecule has 3 rings (SSSR count). The first kappa shape index (κ1) is 23.8. The number of aromatic nitrogens is 1. The Balaban J connectivity index is 1.63. The van der Waals surface area contributed by atoms with E-state index in [4.69, 9.17) is 22.1 Å². The molecule has 0 aliphatic carbocycles. The maximum absolute atomic E-state index is 14.4. The lowest BCUT2D eigenvalue weighted by Crippen LogP contribution is -2.20. The fourth-order valence-corrected chi connectivity index (χ4v) is 2.88. The van der Waals surface area contributed by atoms with Gasteiger partial charge in [-0.3, -0.25) is 9.78 Å². The normalized spacial score (nSPS) is 11.1. The summed E-state index contributed by atoms with van der Waals surface area (Å²) in [5.41, 5.74) is 4.25. The predicted molar refractivity (Wildman–Crippen MR) is 113 cm³/mol. The molecule has 0 radical (unpaired) electrons. The smallest absolute Gasteiger partial charge is 0.417 e. The number of carbonyl (C=O) groups excluding carboxylic acids is 2. The lowest BCUT2D eigenvalue weighted by molar-refractivity contribution is -0.137. The van der Waals surface area contributed by atoms with Gasteiger partial charge in [-0.25, -0.2) is 9.18 Å². The third-order valence-corrected chi connectivity index (χ3v) is 4.53. The van der Waals surface area contributed by atoms with Crippen LogP contribution in [0.1, 0.15) is 21.6 Å². The zero-order valence-corrected chi connectivity index (χ0v) is 17.3. The number of rotatable bonds is 6. The van der Waals surface area contributed by atoms with Crippen molar-refractivity contribution in [3.05, 3.63) is 82.4 Å². The summed E-state index contributed by atoms with van der Waals surface area (Å²) in [6, 6.07) is 8.48. The van der Waals surface area contributed by atoms with Crippen molar-refractivity contribution in [3.8, 4) is 5.75 Å². The van der Waals surface area contributed by atoms with Gasteiger partial charge < -0.3 is 21.1 Å². The minimum Gasteiger partial charge on any atom is -0.489 e. The van der Waals surface area contributed by atoms with Crippen LogP contribution in [0, 0.1) is 5.82 Å². The van der Waals surface area contributed by atoms with Gasteiger partial charge in [-0.05, 0) is 48.0 Å². The van der Waals surface area contributed by atoms with Crippen LogP contribution in [0.25, 0.3) is 0 Å². The number of alkyl halides is 3. The first-order chi connectivity index (χ1) is 15.5. The largest absolute Gasteiger partial charge is 0.489 e. The molecule has 0 aliphatic heterocycles. The highest BCUT2D eigenvalue weighted by Crippen LogP contribution is 2.36. The highest BCUT2D eigenvalue weighted by Gasteiger charge is 2.33. The Labute approximate surface area is 189 Å². The van der Waals surface area contributed by atoms with Crippen molar-refractivity contribution in [3.63, 3.8) is 0 Å². The van der Waals surface area contributed by atoms with Gasteiger partial charge in [0.1, 0.15) is 23.9 Å². The van der Waals surface area contributed by atoms with Crippen LogP contribution in [-0.2, 0) is 12.8 Å². The number of urea groups is 1. The zero-order chi connectivity index (χ0) is 24.2. The number of primary amides is 1. The Bertz CT molecular complexity index is 1200. The first-order valence-electron chi connectivity index (χ1n) is 9.15. The van der Waals surface area contributed by atoms with E-state index in [1.54, 1.807) is 6.07 Å². The Kier molecular flexibility index (Phi) is 7.02. The number of halogens is 5. The van der Waals surface area contributed by atoms with Gasteiger partial charge in [0.05, 0.1) is 16.3 Å². The number of hydrogen-bond donors (Lipinski definition) is 3. The number of amides is 3. The topological polar surface area (TPSA) is 106 Å². The number of ether oxygens (including phenoxy) is 1. The molecule has 0 unspecified atom stereocenters. The summed E-state index contributed by atoms with van der Waals surface area (Å²) in [6.45, 7) is -0.00634. The fourth-order valence-electron chi connectivity index (χ4n) is 2.66. The number of benzene rings is 2. The van der Waals surface area contributed by atoms with E-state index < -0.39 is 34.5 Å². The van der Waals surface area contributed by atoms with Gasteiger partial charge in [0.15, 0.2) is 0 Å². The third kappa shape index (κ3) is 6.32. The van der Waals surface area contributed by atoms with Crippen LogP contribution in [0.5, 0.6) is 5.75 Å². The SMILES string of the molecule is NC(=O)c1cc(COc2ccc(NC(=O)Nc3ccc(Cl)c(C(F)(F)F)c3)c(F)c2)ccn1. The molecule has 0 fully saturated rings. The molecule has 7 nitrogen and oxygen atoms in total. The molecule has 0 spiro atoms. The molecule has 172 valence electrons. The van der Waals surface area contributed by atoms with Gasteiger partial charge in [0.2, 0.25) is 0 Å². The maximum Gasteiger partial charge on any atom is 0.417 e. The average Bonchev–Trinajstić information content (AvgIpc) is 2.74. The average molecular weight is 483 g/mol. The van der Waals surface area contributed by atoms with Crippen molar-refractivity contribution in [1.82, 2.24) is 4.98 Å². The van der Waals surface area contributed by atoms with E-state index >= 15 is 0 Å². The molecular formula is C21H15ClF4N4O3. The molecule has 0 atom stereocenters. The molecule has 4 N–H and O–H groups in total. The number of carbonyl (C=O) groups is 2. The van der Waals surface area contributed by atoms with Gasteiger partial charge in [0.25, 0.3) is 5.91 Å². The highest BCUT2D eigenvalue weighted by molar-refractivity contribution is 6.31. The highest BCUT2D eigenvalue weighted by atomic mass is 35.5. The van der Waals surface area contributed by atoms with Crippen molar-refractivity contribution >= 4 is 34.9 Å². The molecule has 0 saturated carbocycles. The number of pyridine rings is 1. The van der Waals surface area contributed by atoms with E-state index in [1.807, 2.05) is 0 Å². The molecule has 0 bridgehead atoms. The molecule has 0 aliphatic rings. The van der Waals surface area contributed by atoms with Crippen LogP contribution in [0.15, 0.2) is 54.7 Å². The molecule has 12 heteroatoms. The molecular weight excluding hydrogens is 468 g/mol. The van der Waals surface area contributed by atoms with E-state index in [2.05, 4.69) is 15.6 Å². The molecule has 1 heterocycles. The molecule has 1 aromatic heterocycles. The van der Waals surface area contributed by atoms with Crippen LogP contribution >= 0.6 is 11.6 Å². The first-order valence-corrected chi connectivity index (χ1v) is 9.52. The Morgan fingerprint density at radius 2 is 1.82 bits per heavy atom. The van der Waals surface area contributed by atoms with Crippen molar-refractivity contribution in [1.29, 1.82) is 0 Å². The number of nitrogens with one attached hydrogen (secondary N) is 2. The quantitative estimate of drug-likeness (QED) is 0.419. The van der Waals surface area contributed by atoms with Gasteiger partial charge in [-0.15, -0.1) is 0 Å². The van der Waals surface area contributed by atoms with E-state index in [-0.39, 0.29) is 29.4 Å². The van der Waals surface area contributed by atoms with Crippen LogP contribution in [0.3, 0.4) is 0 Å². The summed E-state index contributed by atoms with van der Waals surface area (Å²) in [5.74, 6) is -1.42. The van der Waals surface area contributed by atoms with Gasteiger partial charge in [0, 0.05) is 18.0 Å². The van der Waals surface area contributed by atoms with Crippen molar-refractivity contribution < 1.29 is 31.9 Å². The Hall–Kier alpha value is -3.86. The van der Waals surface area contributed by atoms with Crippen LogP contribution in [0.2, 0.25) is 5.02 Å². The van der Waals surface area contributed by atoms with E-state index in [1.165, 1.54) is 30.5 Å². The zero-order valence-electron chi connectivity index (χ0n) is 16.5. The van der Waals surface area contributed by atoms with Gasteiger partial charge in [-0.1, -0.05) is 11.6 Å². The van der Waals surface area contributed by atoms with E-state index in [0.717, 1.165) is 12.1 Å². The predicted octanol–water partition coefficient (Wildman–Crippen LogP) is 5.21. The summed E-state index contributed by atoms with van der Waals surface area (Å²) in [7, 11) is 0. The summed E-state index contributed by atoms with van der Waals surface area (Å²) in [5, 5.41) is 3.86. The van der Waals surface area contributed by atoms with Gasteiger partial charge in [-0.2, -0.15) is 13.2 Å². The minimum atomic E-state index is -4.70. The Morgan fingerprint density at radius 1 is 1.06 bits per heavy atom. The maximum atomic E-state index is 14.4. The van der Waals surface area contributed by atoms with Crippen molar-refractivity contribution in [2.75, 3.05) is 10.6 Å². The summed E-state index contributed by atoms with van der Waals surface area (Å²) in [4.78, 5) is 27.0. The van der Waals surface area contributed by atoms with E-state index in [0.29, 0.717) is 11.6 Å². The monoisotopic (exact) mass is 482 g/mol. The molecule has 3 amide bonds. The van der Waals surface area contributed by atoms with Crippen molar-refractivity contribution in [2.24, 2.45) is 5.73 Å². The summed E-state index contributed by atoms with van der Waals surface area (Å²) < 4.78 is 58.6. The Morgan fingerprint density at radius 3 is 2.48 bits per heavy atom. The third-order valence-electron chi connectivity index (χ3n) is 4.20. The van der Waals surface area contributed by atoms with Crippen LogP contribution in [0.4, 0.5) is 33.7 Å². The molecule has 2 aromatic carbocycles. The number of nitrogens with zero attached hydrogens (tertiary/aromatic N) is 1. The van der Waals surface area contributed by atoms with E-state index in [9.17, 15) is 27.2 Å². The standard InChI is InChI=1S/C21H15ClF4N4O3/c22-15-3-1-12(8-14(15)21(24,25)26)29-20(32)30-17-4-2-13(9-16(17)23)33-10-11-5-6-28-18(7-11)19(27)31/h1-9H,10H2,(H2,27,31)(H2,29,30,32). The molecule has 33 heavy (non-hydrogen) atoms. The van der Waals surface area contributed by atoms with Gasteiger partial charge >= 0.3 is 12.2 Å². The molecule has 3 aromatic rings. The summed E-state index contributed by atoms with van der Waals surface area (Å²) in [6.07, 6.45) is -3.33. The van der Waals surface area contributed by atoms with Crippen molar-refractivity contribution in [2.45, 2.75) is 12.8 Å². The molecule has 0 saturated heterocycles. The lowest BCUT2D eigenvalue weighted by Gasteiger charge is -2.13. The number of anilines is 2. The van der Waals surface area contributed by atoms with Crippen LogP contribution < -0.4 is 21.1 Å². The second kappa shape index (κ2) is 9.74. The summed E-state index contributed by atoms with van der Waals surface area (Å²) >= 11 is 5.54. The fraction of sp³-hybridized carbons (Fsp3) is 0.0952. The number of nitrogens with two attached hydrogens (primary N) is 1.